The third kappa shape index (κ3) is 3.80. The molecule has 1 N–H and O–H groups in total. The van der Waals surface area contributed by atoms with E-state index in [9.17, 15) is 18.0 Å². The lowest BCUT2D eigenvalue weighted by molar-refractivity contribution is -0.137. The first-order chi connectivity index (χ1) is 11.9. The largest absolute Gasteiger partial charge is 0.417 e. The number of aromatic nitrogens is 2. The van der Waals surface area contributed by atoms with Gasteiger partial charge in [0.15, 0.2) is 5.01 Å². The molecule has 0 radical (unpaired) electrons. The van der Waals surface area contributed by atoms with Crippen molar-refractivity contribution >= 4 is 34.0 Å². The molecule has 0 fully saturated rings. The third-order valence-corrected chi connectivity index (χ3v) is 4.43. The number of nitrogens with zero attached hydrogens (tertiary/aromatic N) is 2. The van der Waals surface area contributed by atoms with Crippen LogP contribution in [-0.2, 0) is 6.18 Å². The summed E-state index contributed by atoms with van der Waals surface area (Å²) in [5, 5.41) is 11.0. The fourth-order valence-electron chi connectivity index (χ4n) is 2.11. The maximum Gasteiger partial charge on any atom is 0.417 e. The molecule has 128 valence electrons. The molecule has 0 aliphatic rings. The van der Waals surface area contributed by atoms with E-state index in [2.05, 4.69) is 15.5 Å². The topological polar surface area (TPSA) is 54.9 Å². The number of alkyl halides is 3. The van der Waals surface area contributed by atoms with Crippen molar-refractivity contribution in [2.75, 3.05) is 5.32 Å². The van der Waals surface area contributed by atoms with Gasteiger partial charge >= 0.3 is 6.18 Å². The highest BCUT2D eigenvalue weighted by molar-refractivity contribution is 7.18. The number of anilines is 1. The van der Waals surface area contributed by atoms with E-state index in [0.29, 0.717) is 15.6 Å². The van der Waals surface area contributed by atoms with Crippen molar-refractivity contribution in [3.63, 3.8) is 0 Å². The first kappa shape index (κ1) is 17.4. The lowest BCUT2D eigenvalue weighted by Gasteiger charge is -2.11. The molecule has 3 aromatic rings. The molecule has 1 heterocycles. The van der Waals surface area contributed by atoms with Crippen molar-refractivity contribution in [1.29, 1.82) is 0 Å². The van der Waals surface area contributed by atoms with Crippen LogP contribution in [0.15, 0.2) is 48.5 Å². The number of hydrogen-bond donors (Lipinski definition) is 1. The highest BCUT2D eigenvalue weighted by Gasteiger charge is 2.35. The van der Waals surface area contributed by atoms with Crippen molar-refractivity contribution in [1.82, 2.24) is 10.2 Å². The van der Waals surface area contributed by atoms with Crippen molar-refractivity contribution < 1.29 is 18.0 Å². The Hall–Kier alpha value is -2.45. The van der Waals surface area contributed by atoms with Gasteiger partial charge in [-0.25, -0.2) is 0 Å². The highest BCUT2D eigenvalue weighted by Crippen LogP contribution is 2.34. The average Bonchev–Trinajstić information content (AvgIpc) is 3.02. The summed E-state index contributed by atoms with van der Waals surface area (Å²) in [6.45, 7) is 0. The van der Waals surface area contributed by atoms with E-state index in [0.717, 1.165) is 23.5 Å². The fraction of sp³-hybridized carbons (Fsp3) is 0.0625. The predicted octanol–water partition coefficient (Wildman–Crippen LogP) is 5.13. The first-order valence-corrected chi connectivity index (χ1v) is 8.11. The number of carbonyl (C=O) groups excluding carboxylic acids is 1. The lowest BCUT2D eigenvalue weighted by Crippen LogP contribution is -2.18. The molecule has 9 heteroatoms. The summed E-state index contributed by atoms with van der Waals surface area (Å²) >= 11 is 7.08. The fourth-order valence-corrected chi connectivity index (χ4v) is 3.17. The van der Waals surface area contributed by atoms with Gasteiger partial charge in [0.25, 0.3) is 5.91 Å². The smallest absolute Gasteiger partial charge is 0.296 e. The van der Waals surface area contributed by atoms with Gasteiger partial charge in [0.05, 0.1) is 16.1 Å². The van der Waals surface area contributed by atoms with Gasteiger partial charge in [0, 0.05) is 5.56 Å². The van der Waals surface area contributed by atoms with Gasteiger partial charge in [-0.1, -0.05) is 53.3 Å². The number of rotatable bonds is 3. The van der Waals surface area contributed by atoms with Crippen LogP contribution < -0.4 is 5.32 Å². The second-order valence-electron chi connectivity index (χ2n) is 4.89. The van der Waals surface area contributed by atoms with E-state index < -0.39 is 23.2 Å². The molecule has 25 heavy (non-hydrogen) atoms. The van der Waals surface area contributed by atoms with E-state index in [4.69, 9.17) is 11.6 Å². The van der Waals surface area contributed by atoms with Crippen LogP contribution in [0.5, 0.6) is 0 Å². The molecule has 0 spiro atoms. The number of amides is 1. The molecule has 4 nitrogen and oxygen atoms in total. The van der Waals surface area contributed by atoms with Crippen LogP contribution >= 0.6 is 22.9 Å². The molecule has 0 saturated heterocycles. The van der Waals surface area contributed by atoms with Gasteiger partial charge in [-0.05, 0) is 18.2 Å². The number of carbonyl (C=O) groups is 1. The van der Waals surface area contributed by atoms with Crippen molar-refractivity contribution in [2.24, 2.45) is 0 Å². The Morgan fingerprint density at radius 1 is 1.04 bits per heavy atom. The molecule has 0 aliphatic heterocycles. The van der Waals surface area contributed by atoms with Crippen LogP contribution in [-0.4, -0.2) is 16.1 Å². The number of hydrogen-bond acceptors (Lipinski definition) is 4. The molecule has 0 aliphatic carbocycles. The SMILES string of the molecule is O=C(Nc1nnc(-c2ccccc2Cl)s1)c1ccccc1C(F)(F)F. The molecule has 0 bridgehead atoms. The summed E-state index contributed by atoms with van der Waals surface area (Å²) in [5.74, 6) is -0.908. The van der Waals surface area contributed by atoms with E-state index in [1.54, 1.807) is 24.3 Å². The highest BCUT2D eigenvalue weighted by atomic mass is 35.5. The minimum absolute atomic E-state index is 0.0805. The standard InChI is InChI=1S/C16H9ClF3N3OS/c17-12-8-4-2-6-10(12)14-22-23-15(25-14)21-13(24)9-5-1-3-7-11(9)16(18,19)20/h1-8H,(H,21,23,24). The summed E-state index contributed by atoms with van der Waals surface area (Å²) in [5.41, 5.74) is -0.870. The van der Waals surface area contributed by atoms with E-state index in [1.165, 1.54) is 12.1 Å². The lowest BCUT2D eigenvalue weighted by atomic mass is 10.1. The Balaban J connectivity index is 1.85. The van der Waals surface area contributed by atoms with Crippen LogP contribution in [0, 0.1) is 0 Å². The third-order valence-electron chi connectivity index (χ3n) is 3.23. The summed E-state index contributed by atoms with van der Waals surface area (Å²) in [7, 11) is 0. The van der Waals surface area contributed by atoms with Crippen LogP contribution in [0.25, 0.3) is 10.6 Å². The quantitative estimate of drug-likeness (QED) is 0.682. The van der Waals surface area contributed by atoms with Gasteiger partial charge in [-0.2, -0.15) is 13.2 Å². The summed E-state index contributed by atoms with van der Waals surface area (Å²) < 4.78 is 39.0. The monoisotopic (exact) mass is 383 g/mol. The molecule has 3 rings (SSSR count). The number of halogens is 4. The first-order valence-electron chi connectivity index (χ1n) is 6.92. The minimum atomic E-state index is -4.63. The molecule has 0 saturated carbocycles. The van der Waals surface area contributed by atoms with E-state index >= 15 is 0 Å². The van der Waals surface area contributed by atoms with Gasteiger partial charge in [-0.15, -0.1) is 10.2 Å². The maximum absolute atomic E-state index is 13.0. The van der Waals surface area contributed by atoms with E-state index in [-0.39, 0.29) is 5.13 Å². The normalized spacial score (nSPS) is 11.4. The molecular formula is C16H9ClF3N3OS. The second-order valence-corrected chi connectivity index (χ2v) is 6.27. The number of nitrogens with one attached hydrogen (secondary N) is 1. The Labute approximate surface area is 149 Å². The second kappa shape index (κ2) is 6.81. The van der Waals surface area contributed by atoms with Gasteiger partial charge in [0.2, 0.25) is 5.13 Å². The summed E-state index contributed by atoms with van der Waals surface area (Å²) in [6.07, 6.45) is -4.63. The van der Waals surface area contributed by atoms with Crippen LogP contribution in [0.1, 0.15) is 15.9 Å². The Bertz CT molecular complexity index is 927. The van der Waals surface area contributed by atoms with Crippen LogP contribution in [0.2, 0.25) is 5.02 Å². The molecule has 0 atom stereocenters. The molecule has 2 aromatic carbocycles. The zero-order chi connectivity index (χ0) is 18.0. The van der Waals surface area contributed by atoms with Crippen LogP contribution in [0.3, 0.4) is 0 Å². The van der Waals surface area contributed by atoms with Crippen molar-refractivity contribution in [3.05, 3.63) is 64.7 Å². The Morgan fingerprint density at radius 2 is 1.72 bits per heavy atom. The van der Waals surface area contributed by atoms with Crippen molar-refractivity contribution in [3.8, 4) is 10.6 Å². The zero-order valence-electron chi connectivity index (χ0n) is 12.3. The van der Waals surface area contributed by atoms with Crippen molar-refractivity contribution in [2.45, 2.75) is 6.18 Å². The Kier molecular flexibility index (Phi) is 4.73. The molecule has 1 aromatic heterocycles. The van der Waals surface area contributed by atoms with Gasteiger partial charge in [-0.3, -0.25) is 10.1 Å². The van der Waals surface area contributed by atoms with Gasteiger partial charge in [0.1, 0.15) is 0 Å². The number of benzene rings is 2. The summed E-state index contributed by atoms with van der Waals surface area (Å²) in [4.78, 5) is 12.2. The Morgan fingerprint density at radius 3 is 2.44 bits per heavy atom. The van der Waals surface area contributed by atoms with Gasteiger partial charge < -0.3 is 0 Å². The zero-order valence-corrected chi connectivity index (χ0v) is 13.9. The molecule has 1 amide bonds. The minimum Gasteiger partial charge on any atom is -0.296 e. The molecular weight excluding hydrogens is 375 g/mol. The molecule has 0 unspecified atom stereocenters. The maximum atomic E-state index is 13.0. The average molecular weight is 384 g/mol. The van der Waals surface area contributed by atoms with E-state index in [1.807, 2.05) is 0 Å². The summed E-state index contributed by atoms with van der Waals surface area (Å²) in [6, 6.07) is 11.5. The van der Waals surface area contributed by atoms with Crippen LogP contribution in [0.4, 0.5) is 18.3 Å². The predicted molar refractivity (Wildman–Crippen MR) is 89.8 cm³/mol.